The van der Waals surface area contributed by atoms with Gasteiger partial charge in [0.1, 0.15) is 17.1 Å². The molecule has 82 valence electrons. The second-order valence-electron chi connectivity index (χ2n) is 2.98. The number of hydrogen-bond donors (Lipinski definition) is 0. The fourth-order valence-corrected chi connectivity index (χ4v) is 1.11. The van der Waals surface area contributed by atoms with Gasteiger partial charge in [0, 0.05) is 6.07 Å². The second kappa shape index (κ2) is 5.34. The highest BCUT2D eigenvalue weighted by atomic mass is 19.1. The van der Waals surface area contributed by atoms with Crippen LogP contribution in [0, 0.1) is 5.82 Å². The van der Waals surface area contributed by atoms with Crippen molar-refractivity contribution in [2.24, 2.45) is 0 Å². The Morgan fingerprint density at radius 3 is 2.80 bits per heavy atom. The summed E-state index contributed by atoms with van der Waals surface area (Å²) in [6.07, 6.45) is 0.745. The van der Waals surface area contributed by atoms with Crippen LogP contribution >= 0.6 is 0 Å². The third-order valence-electron chi connectivity index (χ3n) is 1.82. The zero-order chi connectivity index (χ0) is 11.3. The van der Waals surface area contributed by atoms with E-state index in [1.807, 2.05) is 6.92 Å². The van der Waals surface area contributed by atoms with Gasteiger partial charge in [0.15, 0.2) is 0 Å². The monoisotopic (exact) mass is 212 g/mol. The Bertz CT molecular complexity index is 350. The topological polar surface area (TPSA) is 35.5 Å². The summed E-state index contributed by atoms with van der Waals surface area (Å²) in [6.45, 7) is 2.24. The lowest BCUT2D eigenvalue weighted by atomic mass is 10.2. The van der Waals surface area contributed by atoms with Crippen LogP contribution in [-0.2, 0) is 4.74 Å². The normalized spacial score (nSPS) is 9.80. The minimum atomic E-state index is -0.492. The molecule has 0 bridgehead atoms. The zero-order valence-corrected chi connectivity index (χ0v) is 8.75. The molecule has 0 spiro atoms. The lowest BCUT2D eigenvalue weighted by Crippen LogP contribution is -2.07. The summed E-state index contributed by atoms with van der Waals surface area (Å²) in [6, 6.07) is 3.71. The van der Waals surface area contributed by atoms with Crippen molar-refractivity contribution in [3.63, 3.8) is 0 Å². The molecule has 0 saturated heterocycles. The Labute approximate surface area is 87.8 Å². The van der Waals surface area contributed by atoms with E-state index in [1.54, 1.807) is 0 Å². The summed E-state index contributed by atoms with van der Waals surface area (Å²) in [5.41, 5.74) is 0.243. The summed E-state index contributed by atoms with van der Waals surface area (Å²) in [7, 11) is 1.38. The van der Waals surface area contributed by atoms with Gasteiger partial charge in [-0.05, 0) is 18.6 Å². The van der Waals surface area contributed by atoms with Gasteiger partial charge in [0.25, 0.3) is 0 Å². The standard InChI is InChI=1S/C11H13FO3/c1-3-6-15-11(13)9-5-4-8(12)7-10(9)14-2/h4-5,7H,3,6H2,1-2H3. The number of methoxy groups -OCH3 is 1. The summed E-state index contributed by atoms with van der Waals surface area (Å²) >= 11 is 0. The third-order valence-corrected chi connectivity index (χ3v) is 1.82. The summed E-state index contributed by atoms with van der Waals surface area (Å²) in [5, 5.41) is 0. The number of hydrogen-bond acceptors (Lipinski definition) is 3. The predicted octanol–water partition coefficient (Wildman–Crippen LogP) is 2.40. The zero-order valence-electron chi connectivity index (χ0n) is 8.75. The summed E-state index contributed by atoms with van der Waals surface area (Å²) in [5.74, 6) is -0.747. The highest BCUT2D eigenvalue weighted by molar-refractivity contribution is 5.92. The van der Waals surface area contributed by atoms with Gasteiger partial charge >= 0.3 is 5.97 Å². The third kappa shape index (κ3) is 2.94. The Morgan fingerprint density at radius 2 is 2.20 bits per heavy atom. The van der Waals surface area contributed by atoms with Crippen LogP contribution in [0.15, 0.2) is 18.2 Å². The van der Waals surface area contributed by atoms with E-state index in [1.165, 1.54) is 19.2 Å². The van der Waals surface area contributed by atoms with E-state index in [2.05, 4.69) is 0 Å². The first-order valence-corrected chi connectivity index (χ1v) is 4.69. The van der Waals surface area contributed by atoms with Crippen molar-refractivity contribution in [1.82, 2.24) is 0 Å². The number of halogens is 1. The average Bonchev–Trinajstić information content (AvgIpc) is 2.25. The molecule has 0 aliphatic carbocycles. The molecule has 0 radical (unpaired) electrons. The molecule has 0 atom stereocenters. The van der Waals surface area contributed by atoms with E-state index in [0.29, 0.717) is 6.61 Å². The van der Waals surface area contributed by atoms with E-state index in [9.17, 15) is 9.18 Å². The first-order valence-electron chi connectivity index (χ1n) is 4.69. The van der Waals surface area contributed by atoms with Crippen LogP contribution in [0.2, 0.25) is 0 Å². The highest BCUT2D eigenvalue weighted by Crippen LogP contribution is 2.20. The molecule has 0 heterocycles. The van der Waals surface area contributed by atoms with Gasteiger partial charge in [-0.1, -0.05) is 6.92 Å². The van der Waals surface area contributed by atoms with E-state index in [0.717, 1.165) is 12.5 Å². The van der Waals surface area contributed by atoms with Crippen LogP contribution < -0.4 is 4.74 Å². The van der Waals surface area contributed by atoms with Crippen LogP contribution in [-0.4, -0.2) is 19.7 Å². The molecule has 1 rings (SSSR count). The maximum absolute atomic E-state index is 12.8. The number of ether oxygens (including phenoxy) is 2. The van der Waals surface area contributed by atoms with Crippen molar-refractivity contribution in [1.29, 1.82) is 0 Å². The molecule has 0 unspecified atom stereocenters. The molecule has 0 aromatic heterocycles. The van der Waals surface area contributed by atoms with Crippen LogP contribution in [0.1, 0.15) is 23.7 Å². The molecule has 0 N–H and O–H groups in total. The Balaban J connectivity index is 2.87. The van der Waals surface area contributed by atoms with E-state index < -0.39 is 11.8 Å². The Hall–Kier alpha value is -1.58. The molecule has 0 fully saturated rings. The van der Waals surface area contributed by atoms with Crippen molar-refractivity contribution in [2.45, 2.75) is 13.3 Å². The summed E-state index contributed by atoms with van der Waals surface area (Å²) in [4.78, 5) is 11.5. The Kier molecular flexibility index (Phi) is 4.09. The lowest BCUT2D eigenvalue weighted by Gasteiger charge is -2.07. The van der Waals surface area contributed by atoms with E-state index in [-0.39, 0.29) is 11.3 Å². The smallest absolute Gasteiger partial charge is 0.341 e. The van der Waals surface area contributed by atoms with Crippen LogP contribution in [0.3, 0.4) is 0 Å². The van der Waals surface area contributed by atoms with Gasteiger partial charge in [-0.3, -0.25) is 0 Å². The molecule has 1 aromatic carbocycles. The fourth-order valence-electron chi connectivity index (χ4n) is 1.11. The number of benzene rings is 1. The molecule has 3 nitrogen and oxygen atoms in total. The number of esters is 1. The first kappa shape index (κ1) is 11.5. The van der Waals surface area contributed by atoms with Crippen molar-refractivity contribution >= 4 is 5.97 Å². The maximum Gasteiger partial charge on any atom is 0.341 e. The van der Waals surface area contributed by atoms with Gasteiger partial charge in [0.05, 0.1) is 13.7 Å². The van der Waals surface area contributed by atoms with Crippen LogP contribution in [0.25, 0.3) is 0 Å². The Morgan fingerprint density at radius 1 is 1.47 bits per heavy atom. The minimum absolute atomic E-state index is 0.191. The largest absolute Gasteiger partial charge is 0.496 e. The fraction of sp³-hybridized carbons (Fsp3) is 0.364. The van der Waals surface area contributed by atoms with Gasteiger partial charge < -0.3 is 9.47 Å². The van der Waals surface area contributed by atoms with Crippen molar-refractivity contribution in [3.8, 4) is 5.75 Å². The van der Waals surface area contributed by atoms with Gasteiger partial charge in [0.2, 0.25) is 0 Å². The number of carbonyl (C=O) groups excluding carboxylic acids is 1. The highest BCUT2D eigenvalue weighted by Gasteiger charge is 2.13. The molecule has 4 heteroatoms. The minimum Gasteiger partial charge on any atom is -0.496 e. The quantitative estimate of drug-likeness (QED) is 0.719. The first-order chi connectivity index (χ1) is 7.19. The number of rotatable bonds is 4. The van der Waals surface area contributed by atoms with Crippen molar-refractivity contribution in [3.05, 3.63) is 29.6 Å². The van der Waals surface area contributed by atoms with E-state index >= 15 is 0 Å². The molecule has 15 heavy (non-hydrogen) atoms. The second-order valence-corrected chi connectivity index (χ2v) is 2.98. The van der Waals surface area contributed by atoms with Crippen molar-refractivity contribution in [2.75, 3.05) is 13.7 Å². The average molecular weight is 212 g/mol. The van der Waals surface area contributed by atoms with E-state index in [4.69, 9.17) is 9.47 Å². The lowest BCUT2D eigenvalue weighted by molar-refractivity contribution is 0.0501. The number of carbonyl (C=O) groups is 1. The molecule has 0 aliphatic rings. The van der Waals surface area contributed by atoms with Crippen molar-refractivity contribution < 1.29 is 18.7 Å². The maximum atomic E-state index is 12.8. The van der Waals surface area contributed by atoms with Gasteiger partial charge in [-0.15, -0.1) is 0 Å². The SMILES string of the molecule is CCCOC(=O)c1ccc(F)cc1OC. The van der Waals surface area contributed by atoms with Crippen LogP contribution in [0.4, 0.5) is 4.39 Å². The van der Waals surface area contributed by atoms with Crippen LogP contribution in [0.5, 0.6) is 5.75 Å². The summed E-state index contributed by atoms with van der Waals surface area (Å²) < 4.78 is 22.6. The molecular weight excluding hydrogens is 199 g/mol. The predicted molar refractivity (Wildman–Crippen MR) is 53.5 cm³/mol. The molecular formula is C11H13FO3. The molecule has 0 aliphatic heterocycles. The molecule has 0 saturated carbocycles. The van der Waals surface area contributed by atoms with Gasteiger partial charge in [-0.25, -0.2) is 9.18 Å². The van der Waals surface area contributed by atoms with Gasteiger partial charge in [-0.2, -0.15) is 0 Å². The molecule has 1 aromatic rings. The molecule has 0 amide bonds.